The lowest BCUT2D eigenvalue weighted by atomic mass is 9.86. The standard InChI is InChI=1S/C25H31N7O3/c1-34-24-23-18(8-9-26-24)4-7-21(32-23)30-19-5-2-16(3-6-19)11-27-25-28-12-17(13-29-25)10-22(33)31-20-14-35-15-20/h4,7-9,12-13,16,19-20H,2-3,5-6,10-11,14-15H2,1H3,(H,30,32)(H,31,33)(H,27,28,29). The first-order chi connectivity index (χ1) is 17.2. The zero-order chi connectivity index (χ0) is 24.0. The number of hydrogen-bond donors (Lipinski definition) is 3. The number of amides is 1. The van der Waals surface area contributed by atoms with Crippen molar-refractivity contribution in [2.75, 3.05) is 37.5 Å². The molecule has 3 N–H and O–H groups in total. The lowest BCUT2D eigenvalue weighted by Crippen LogP contribution is -2.49. The molecule has 3 aromatic heterocycles. The van der Waals surface area contributed by atoms with Crippen LogP contribution in [-0.2, 0) is 16.0 Å². The molecule has 5 rings (SSSR count). The number of carbonyl (C=O) groups is 1. The Bertz CT molecular complexity index is 1150. The van der Waals surface area contributed by atoms with Crippen LogP contribution in [0, 0.1) is 5.92 Å². The van der Waals surface area contributed by atoms with E-state index < -0.39 is 0 Å². The highest BCUT2D eigenvalue weighted by Crippen LogP contribution is 2.28. The second-order valence-electron chi connectivity index (χ2n) is 9.22. The summed E-state index contributed by atoms with van der Waals surface area (Å²) in [6, 6.07) is 6.53. The quantitative estimate of drug-likeness (QED) is 0.427. The number of nitrogens with zero attached hydrogens (tertiary/aromatic N) is 4. The topological polar surface area (TPSA) is 123 Å². The Hall–Kier alpha value is -3.53. The van der Waals surface area contributed by atoms with Gasteiger partial charge in [0.2, 0.25) is 17.7 Å². The van der Waals surface area contributed by atoms with Crippen LogP contribution in [-0.4, -0.2) is 64.8 Å². The Kier molecular flexibility index (Phi) is 7.17. The summed E-state index contributed by atoms with van der Waals surface area (Å²) < 4.78 is 10.4. The summed E-state index contributed by atoms with van der Waals surface area (Å²) in [6.07, 6.45) is 9.84. The van der Waals surface area contributed by atoms with E-state index in [2.05, 4.69) is 30.9 Å². The van der Waals surface area contributed by atoms with E-state index in [0.29, 0.717) is 37.0 Å². The summed E-state index contributed by atoms with van der Waals surface area (Å²) in [6.45, 7) is 2.03. The molecule has 0 atom stereocenters. The molecule has 10 nitrogen and oxygen atoms in total. The largest absolute Gasteiger partial charge is 0.479 e. The highest BCUT2D eigenvalue weighted by atomic mass is 16.5. The predicted octanol–water partition coefficient (Wildman–Crippen LogP) is 2.57. The highest BCUT2D eigenvalue weighted by Gasteiger charge is 2.22. The van der Waals surface area contributed by atoms with Crippen LogP contribution in [0.1, 0.15) is 31.2 Å². The molecule has 10 heteroatoms. The molecule has 1 saturated carbocycles. The summed E-state index contributed by atoms with van der Waals surface area (Å²) in [5.41, 5.74) is 1.58. The van der Waals surface area contributed by atoms with Crippen molar-refractivity contribution in [2.24, 2.45) is 5.92 Å². The minimum absolute atomic E-state index is 0.0253. The third-order valence-corrected chi connectivity index (χ3v) is 6.59. The summed E-state index contributed by atoms with van der Waals surface area (Å²) >= 11 is 0. The molecule has 1 aliphatic carbocycles. The van der Waals surface area contributed by atoms with Gasteiger partial charge in [0, 0.05) is 36.6 Å². The Morgan fingerprint density at radius 1 is 1.06 bits per heavy atom. The third-order valence-electron chi connectivity index (χ3n) is 6.59. The minimum Gasteiger partial charge on any atom is -0.479 e. The number of methoxy groups -OCH3 is 1. The number of ether oxygens (including phenoxy) is 2. The van der Waals surface area contributed by atoms with Crippen LogP contribution < -0.4 is 20.7 Å². The van der Waals surface area contributed by atoms with Crippen LogP contribution >= 0.6 is 0 Å². The average molecular weight is 478 g/mol. The second-order valence-corrected chi connectivity index (χ2v) is 9.22. The molecule has 35 heavy (non-hydrogen) atoms. The molecule has 2 fully saturated rings. The lowest BCUT2D eigenvalue weighted by Gasteiger charge is -2.29. The normalized spacial score (nSPS) is 20.1. The third kappa shape index (κ3) is 5.94. The molecule has 0 aromatic carbocycles. The van der Waals surface area contributed by atoms with Gasteiger partial charge in [-0.3, -0.25) is 4.79 Å². The van der Waals surface area contributed by atoms with Crippen molar-refractivity contribution in [1.82, 2.24) is 25.3 Å². The summed E-state index contributed by atoms with van der Waals surface area (Å²) in [5.74, 6) is 2.55. The zero-order valence-electron chi connectivity index (χ0n) is 19.9. The van der Waals surface area contributed by atoms with Gasteiger partial charge in [-0.15, -0.1) is 0 Å². The van der Waals surface area contributed by atoms with Crippen LogP contribution in [0.3, 0.4) is 0 Å². The van der Waals surface area contributed by atoms with E-state index in [0.717, 1.165) is 54.5 Å². The van der Waals surface area contributed by atoms with Gasteiger partial charge in [-0.05, 0) is 55.4 Å². The van der Waals surface area contributed by atoms with Crippen molar-refractivity contribution in [1.29, 1.82) is 0 Å². The van der Waals surface area contributed by atoms with Gasteiger partial charge in [0.05, 0.1) is 32.8 Å². The number of rotatable bonds is 9. The molecular formula is C25H31N7O3. The maximum Gasteiger partial charge on any atom is 0.240 e. The number of hydrogen-bond acceptors (Lipinski definition) is 9. The van der Waals surface area contributed by atoms with E-state index in [9.17, 15) is 4.79 Å². The molecule has 0 spiro atoms. The van der Waals surface area contributed by atoms with Crippen molar-refractivity contribution >= 4 is 28.6 Å². The first kappa shape index (κ1) is 23.2. The first-order valence-electron chi connectivity index (χ1n) is 12.1. The second kappa shape index (κ2) is 10.8. The van der Waals surface area contributed by atoms with E-state index >= 15 is 0 Å². The molecule has 0 bridgehead atoms. The van der Waals surface area contributed by atoms with Crippen molar-refractivity contribution in [2.45, 2.75) is 44.2 Å². The van der Waals surface area contributed by atoms with Gasteiger partial charge in [-0.1, -0.05) is 0 Å². The first-order valence-corrected chi connectivity index (χ1v) is 12.1. The van der Waals surface area contributed by atoms with Gasteiger partial charge < -0.3 is 25.4 Å². The summed E-state index contributed by atoms with van der Waals surface area (Å²) in [4.78, 5) is 29.7. The van der Waals surface area contributed by atoms with Gasteiger partial charge in [0.1, 0.15) is 11.3 Å². The van der Waals surface area contributed by atoms with E-state index in [1.54, 1.807) is 25.7 Å². The number of fused-ring (bicyclic) bond motifs is 1. The van der Waals surface area contributed by atoms with Crippen LogP contribution in [0.25, 0.3) is 10.9 Å². The van der Waals surface area contributed by atoms with Crippen molar-refractivity contribution in [3.63, 3.8) is 0 Å². The van der Waals surface area contributed by atoms with E-state index in [1.807, 2.05) is 18.2 Å². The number of anilines is 2. The molecule has 1 amide bonds. The van der Waals surface area contributed by atoms with Crippen molar-refractivity contribution in [3.05, 3.63) is 42.4 Å². The van der Waals surface area contributed by atoms with Crippen molar-refractivity contribution < 1.29 is 14.3 Å². The number of nitrogens with one attached hydrogen (secondary N) is 3. The molecule has 0 radical (unpaired) electrons. The molecule has 3 aromatic rings. The molecule has 1 saturated heterocycles. The molecule has 1 aliphatic heterocycles. The van der Waals surface area contributed by atoms with Gasteiger partial charge in [-0.2, -0.15) is 0 Å². The van der Waals surface area contributed by atoms with Crippen LogP contribution in [0.2, 0.25) is 0 Å². The number of carbonyl (C=O) groups excluding carboxylic acids is 1. The highest BCUT2D eigenvalue weighted by molar-refractivity contribution is 5.84. The van der Waals surface area contributed by atoms with Crippen LogP contribution in [0.4, 0.5) is 11.8 Å². The monoisotopic (exact) mass is 477 g/mol. The molecule has 0 unspecified atom stereocenters. The van der Waals surface area contributed by atoms with Crippen LogP contribution in [0.15, 0.2) is 36.8 Å². The molecule has 2 aliphatic rings. The predicted molar refractivity (Wildman–Crippen MR) is 132 cm³/mol. The zero-order valence-corrected chi connectivity index (χ0v) is 19.9. The summed E-state index contributed by atoms with van der Waals surface area (Å²) in [5, 5.41) is 10.9. The van der Waals surface area contributed by atoms with E-state index in [4.69, 9.17) is 14.5 Å². The maximum atomic E-state index is 12.0. The minimum atomic E-state index is -0.0253. The Morgan fingerprint density at radius 2 is 1.86 bits per heavy atom. The fourth-order valence-electron chi connectivity index (χ4n) is 4.53. The SMILES string of the molecule is COc1nccc2ccc(NC3CCC(CNc4ncc(CC(=O)NC5COC5)cn4)CC3)nc12. The number of pyridine rings is 2. The smallest absolute Gasteiger partial charge is 0.240 e. The molecule has 184 valence electrons. The lowest BCUT2D eigenvalue weighted by molar-refractivity contribution is -0.124. The van der Waals surface area contributed by atoms with Crippen LogP contribution in [0.5, 0.6) is 5.88 Å². The number of aromatic nitrogens is 4. The maximum absolute atomic E-state index is 12.0. The summed E-state index contributed by atoms with van der Waals surface area (Å²) in [7, 11) is 1.61. The Balaban J connectivity index is 1.05. The molecular weight excluding hydrogens is 446 g/mol. The van der Waals surface area contributed by atoms with Gasteiger partial charge >= 0.3 is 0 Å². The van der Waals surface area contributed by atoms with Crippen molar-refractivity contribution in [3.8, 4) is 5.88 Å². The van der Waals surface area contributed by atoms with E-state index in [1.165, 1.54) is 0 Å². The van der Waals surface area contributed by atoms with E-state index in [-0.39, 0.29) is 18.4 Å². The fraction of sp³-hybridized carbons (Fsp3) is 0.480. The molecule has 4 heterocycles. The average Bonchev–Trinajstić information content (AvgIpc) is 2.86. The van der Waals surface area contributed by atoms with Gasteiger partial charge in [0.15, 0.2) is 0 Å². The van der Waals surface area contributed by atoms with Gasteiger partial charge in [0.25, 0.3) is 0 Å². The fourth-order valence-corrected chi connectivity index (χ4v) is 4.53. The van der Waals surface area contributed by atoms with Gasteiger partial charge in [-0.25, -0.2) is 19.9 Å². The Morgan fingerprint density at radius 3 is 2.57 bits per heavy atom. The Labute approximate surface area is 204 Å².